The lowest BCUT2D eigenvalue weighted by atomic mass is 10.1. The van der Waals surface area contributed by atoms with Crippen LogP contribution in [0.5, 0.6) is 0 Å². The molecule has 2 N–H and O–H groups in total. The van der Waals surface area contributed by atoms with Gasteiger partial charge in [-0.25, -0.2) is 4.98 Å². The highest BCUT2D eigenvalue weighted by molar-refractivity contribution is 7.17. The molecule has 2 aromatic carbocycles. The minimum Gasteiger partial charge on any atom is -0.349 e. The predicted molar refractivity (Wildman–Crippen MR) is 134 cm³/mol. The van der Waals surface area contributed by atoms with Gasteiger partial charge in [0, 0.05) is 41.2 Å². The van der Waals surface area contributed by atoms with Crippen LogP contribution in [0.25, 0.3) is 21.3 Å². The van der Waals surface area contributed by atoms with Gasteiger partial charge in [-0.1, -0.05) is 29.8 Å². The van der Waals surface area contributed by atoms with E-state index in [2.05, 4.69) is 15.6 Å². The van der Waals surface area contributed by atoms with Crippen molar-refractivity contribution in [1.29, 1.82) is 0 Å². The summed E-state index contributed by atoms with van der Waals surface area (Å²) in [7, 11) is 0. The van der Waals surface area contributed by atoms with E-state index in [9.17, 15) is 14.4 Å². The molecule has 2 amide bonds. The Bertz CT molecular complexity index is 1420. The van der Waals surface area contributed by atoms with Gasteiger partial charge in [-0.2, -0.15) is 0 Å². The molecule has 1 aliphatic carbocycles. The van der Waals surface area contributed by atoms with E-state index in [1.807, 2.05) is 36.6 Å². The fourth-order valence-electron chi connectivity index (χ4n) is 3.72. The number of anilines is 1. The summed E-state index contributed by atoms with van der Waals surface area (Å²) in [6, 6.07) is 15.1. The van der Waals surface area contributed by atoms with Gasteiger partial charge < -0.3 is 10.6 Å². The Kier molecular flexibility index (Phi) is 5.98. The smallest absolute Gasteiger partial charge is 0.262 e. The number of rotatable bonds is 7. The van der Waals surface area contributed by atoms with Crippen molar-refractivity contribution in [3.8, 4) is 11.1 Å². The molecule has 2 aromatic heterocycles. The van der Waals surface area contributed by atoms with E-state index in [1.54, 1.807) is 24.3 Å². The van der Waals surface area contributed by atoms with E-state index >= 15 is 0 Å². The molecule has 1 aliphatic rings. The number of benzene rings is 2. The van der Waals surface area contributed by atoms with E-state index in [0.29, 0.717) is 27.5 Å². The number of nitrogens with zero attached hydrogens (tertiary/aromatic N) is 2. The van der Waals surface area contributed by atoms with Gasteiger partial charge in [0.25, 0.3) is 11.5 Å². The number of aryl methyl sites for hydroxylation is 2. The largest absolute Gasteiger partial charge is 0.349 e. The lowest BCUT2D eigenvalue weighted by molar-refractivity contribution is -0.116. The number of hydrogen-bond donors (Lipinski definition) is 2. The van der Waals surface area contributed by atoms with Crippen molar-refractivity contribution in [2.45, 2.75) is 38.8 Å². The Morgan fingerprint density at radius 1 is 1.09 bits per heavy atom. The molecule has 0 atom stereocenters. The summed E-state index contributed by atoms with van der Waals surface area (Å²) < 4.78 is 1.48. The number of amides is 2. The lowest BCUT2D eigenvalue weighted by Gasteiger charge is -2.09. The highest BCUT2D eigenvalue weighted by Gasteiger charge is 2.23. The average Bonchev–Trinajstić information content (AvgIpc) is 3.54. The third-order valence-corrected chi connectivity index (χ3v) is 6.73. The molecule has 2 heterocycles. The van der Waals surface area contributed by atoms with Gasteiger partial charge in [-0.3, -0.25) is 19.0 Å². The first-order valence-electron chi connectivity index (χ1n) is 11.2. The van der Waals surface area contributed by atoms with E-state index in [-0.39, 0.29) is 30.3 Å². The maximum absolute atomic E-state index is 13.2. The molecule has 7 nitrogen and oxygen atoms in total. The summed E-state index contributed by atoms with van der Waals surface area (Å²) in [5, 5.41) is 8.29. The van der Waals surface area contributed by atoms with Crippen LogP contribution in [-0.2, 0) is 11.3 Å². The minimum absolute atomic E-state index is 0.0962. The molecule has 0 spiro atoms. The second-order valence-corrected chi connectivity index (χ2v) is 9.42. The fraction of sp³-hybridized carbons (Fsp3) is 0.231. The van der Waals surface area contributed by atoms with Crippen LogP contribution >= 0.6 is 11.3 Å². The number of thiophene rings is 1. The Morgan fingerprint density at radius 2 is 1.82 bits per heavy atom. The SMILES string of the molecule is Cc1ccc(-c2csc3ncn(CCC(=O)Nc4ccc(C(=O)NC5CC5)cc4)c(=O)c23)cc1. The van der Waals surface area contributed by atoms with E-state index in [1.165, 1.54) is 22.2 Å². The summed E-state index contributed by atoms with van der Waals surface area (Å²) >= 11 is 1.44. The topological polar surface area (TPSA) is 93.1 Å². The lowest BCUT2D eigenvalue weighted by Crippen LogP contribution is -2.25. The zero-order valence-electron chi connectivity index (χ0n) is 18.7. The fourth-order valence-corrected chi connectivity index (χ4v) is 4.63. The molecule has 0 aliphatic heterocycles. The third-order valence-electron chi connectivity index (χ3n) is 5.85. The zero-order valence-corrected chi connectivity index (χ0v) is 19.5. The van der Waals surface area contributed by atoms with Gasteiger partial charge in [0.15, 0.2) is 0 Å². The van der Waals surface area contributed by atoms with Crippen molar-refractivity contribution in [2.75, 3.05) is 5.32 Å². The highest BCUT2D eigenvalue weighted by atomic mass is 32.1. The van der Waals surface area contributed by atoms with Crippen LogP contribution in [-0.4, -0.2) is 27.4 Å². The average molecular weight is 473 g/mol. The first-order chi connectivity index (χ1) is 16.5. The van der Waals surface area contributed by atoms with E-state index in [0.717, 1.165) is 29.5 Å². The van der Waals surface area contributed by atoms with Gasteiger partial charge in [-0.15, -0.1) is 11.3 Å². The van der Waals surface area contributed by atoms with Crippen LogP contribution in [0.2, 0.25) is 0 Å². The summed E-state index contributed by atoms with van der Waals surface area (Å²) in [6.07, 6.45) is 3.69. The molecule has 34 heavy (non-hydrogen) atoms. The van der Waals surface area contributed by atoms with Crippen molar-refractivity contribution in [3.63, 3.8) is 0 Å². The van der Waals surface area contributed by atoms with Gasteiger partial charge >= 0.3 is 0 Å². The second-order valence-electron chi connectivity index (χ2n) is 8.56. The van der Waals surface area contributed by atoms with Crippen LogP contribution in [0, 0.1) is 6.92 Å². The van der Waals surface area contributed by atoms with Crippen LogP contribution in [0.3, 0.4) is 0 Å². The number of hydrogen-bond acceptors (Lipinski definition) is 5. The molecule has 8 heteroatoms. The molecule has 1 fully saturated rings. The number of fused-ring (bicyclic) bond motifs is 1. The minimum atomic E-state index is -0.216. The Labute approximate surface area is 200 Å². The maximum Gasteiger partial charge on any atom is 0.262 e. The molecule has 0 saturated heterocycles. The van der Waals surface area contributed by atoms with Crippen LogP contribution in [0.1, 0.15) is 35.2 Å². The van der Waals surface area contributed by atoms with Gasteiger partial charge in [-0.05, 0) is 49.6 Å². The third kappa shape index (κ3) is 4.77. The monoisotopic (exact) mass is 472 g/mol. The highest BCUT2D eigenvalue weighted by Crippen LogP contribution is 2.30. The number of nitrogens with one attached hydrogen (secondary N) is 2. The van der Waals surface area contributed by atoms with Gasteiger partial charge in [0.2, 0.25) is 5.91 Å². The molecule has 0 unspecified atom stereocenters. The van der Waals surface area contributed by atoms with Crippen LogP contribution < -0.4 is 16.2 Å². The summed E-state index contributed by atoms with van der Waals surface area (Å²) in [5.41, 5.74) is 4.01. The number of carbonyl (C=O) groups is 2. The molecular weight excluding hydrogens is 448 g/mol. The van der Waals surface area contributed by atoms with Crippen molar-refractivity contribution >= 4 is 39.1 Å². The molecule has 0 radical (unpaired) electrons. The van der Waals surface area contributed by atoms with Crippen LogP contribution in [0.4, 0.5) is 5.69 Å². The molecule has 5 rings (SSSR count). The standard InChI is InChI=1S/C26H24N4O3S/c1-16-2-4-17(5-3-16)21-14-34-25-23(21)26(33)30(15-27-25)13-12-22(31)28-19-8-6-18(7-9-19)24(32)29-20-10-11-20/h2-9,14-15,20H,10-13H2,1H3,(H,28,31)(H,29,32). The van der Waals surface area contributed by atoms with Crippen LogP contribution in [0.15, 0.2) is 65.0 Å². The number of aromatic nitrogens is 2. The zero-order chi connectivity index (χ0) is 23.7. The molecule has 172 valence electrons. The quantitative estimate of drug-likeness (QED) is 0.418. The summed E-state index contributed by atoms with van der Waals surface area (Å²) in [4.78, 5) is 42.8. The molecule has 0 bridgehead atoms. The first kappa shape index (κ1) is 22.0. The van der Waals surface area contributed by atoms with E-state index < -0.39 is 0 Å². The van der Waals surface area contributed by atoms with Gasteiger partial charge in [0.05, 0.1) is 11.7 Å². The maximum atomic E-state index is 13.2. The van der Waals surface area contributed by atoms with Crippen molar-refractivity contribution in [2.24, 2.45) is 0 Å². The van der Waals surface area contributed by atoms with Crippen molar-refractivity contribution in [1.82, 2.24) is 14.9 Å². The molecule has 4 aromatic rings. The Balaban J connectivity index is 1.25. The van der Waals surface area contributed by atoms with Gasteiger partial charge in [0.1, 0.15) is 4.83 Å². The Hall–Kier alpha value is -3.78. The summed E-state index contributed by atoms with van der Waals surface area (Å²) in [6.45, 7) is 2.24. The second kappa shape index (κ2) is 9.23. The van der Waals surface area contributed by atoms with Crippen molar-refractivity contribution < 1.29 is 9.59 Å². The Morgan fingerprint density at radius 3 is 2.53 bits per heavy atom. The first-order valence-corrected chi connectivity index (χ1v) is 12.1. The van der Waals surface area contributed by atoms with E-state index in [4.69, 9.17) is 0 Å². The normalized spacial score (nSPS) is 13.1. The summed E-state index contributed by atoms with van der Waals surface area (Å²) in [5.74, 6) is -0.313. The molecule has 1 saturated carbocycles. The van der Waals surface area contributed by atoms with Crippen molar-refractivity contribution in [3.05, 3.63) is 81.7 Å². The number of carbonyl (C=O) groups excluding carboxylic acids is 2. The molecular formula is C26H24N4O3S. The predicted octanol–water partition coefficient (Wildman–Crippen LogP) is 4.35.